The first-order valence-electron chi connectivity index (χ1n) is 6.99. The Morgan fingerprint density at radius 2 is 2.05 bits per heavy atom. The zero-order valence-corrected chi connectivity index (χ0v) is 12.0. The molecule has 1 unspecified atom stereocenters. The van der Waals surface area contributed by atoms with Gasteiger partial charge < -0.3 is 20.1 Å². The molecule has 2 rings (SSSR count). The number of anilines is 1. The maximum atomic E-state index is 12.2. The van der Waals surface area contributed by atoms with Gasteiger partial charge in [0.15, 0.2) is 0 Å². The Morgan fingerprint density at radius 1 is 1.40 bits per heavy atom. The summed E-state index contributed by atoms with van der Waals surface area (Å²) in [6.07, 6.45) is 1.39. The predicted octanol–water partition coefficient (Wildman–Crippen LogP) is 2.32. The molecule has 2 N–H and O–H groups in total. The largest absolute Gasteiger partial charge is 0.495 e. The minimum absolute atomic E-state index is 0.112. The van der Waals surface area contributed by atoms with Crippen molar-refractivity contribution in [2.45, 2.75) is 25.9 Å². The number of urea groups is 1. The van der Waals surface area contributed by atoms with E-state index < -0.39 is 0 Å². The van der Waals surface area contributed by atoms with E-state index in [9.17, 15) is 9.90 Å². The number of carbonyl (C=O) groups is 1. The van der Waals surface area contributed by atoms with Crippen molar-refractivity contribution in [2.75, 3.05) is 25.5 Å². The summed E-state index contributed by atoms with van der Waals surface area (Å²) in [7, 11) is 1.58. The fourth-order valence-corrected chi connectivity index (χ4v) is 2.53. The number of aliphatic hydroxyl groups is 1. The van der Waals surface area contributed by atoms with E-state index in [2.05, 4.69) is 5.32 Å². The molecule has 20 heavy (non-hydrogen) atoms. The van der Waals surface area contributed by atoms with Crippen LogP contribution >= 0.6 is 0 Å². The quantitative estimate of drug-likeness (QED) is 0.892. The minimum atomic E-state index is -0.297. The molecule has 0 spiro atoms. The normalized spacial score (nSPS) is 17.6. The van der Waals surface area contributed by atoms with Gasteiger partial charge in [0.25, 0.3) is 0 Å². The number of piperidine rings is 1. The van der Waals surface area contributed by atoms with Crippen LogP contribution in [0.25, 0.3) is 0 Å². The van der Waals surface area contributed by atoms with E-state index >= 15 is 0 Å². The fourth-order valence-electron chi connectivity index (χ4n) is 2.53. The van der Waals surface area contributed by atoms with Crippen molar-refractivity contribution in [3.05, 3.63) is 24.3 Å². The number of hydrogen-bond acceptors (Lipinski definition) is 3. The lowest BCUT2D eigenvalue weighted by Gasteiger charge is -2.33. The molecule has 1 fully saturated rings. The highest BCUT2D eigenvalue weighted by Crippen LogP contribution is 2.25. The molecule has 1 atom stereocenters. The van der Waals surface area contributed by atoms with Gasteiger partial charge in [-0.15, -0.1) is 0 Å². The van der Waals surface area contributed by atoms with Gasteiger partial charge in [-0.1, -0.05) is 12.1 Å². The zero-order chi connectivity index (χ0) is 14.5. The number of ether oxygens (including phenoxy) is 1. The molecular formula is C15H22N2O3. The lowest BCUT2D eigenvalue weighted by molar-refractivity contribution is 0.0820. The molecule has 1 aromatic rings. The summed E-state index contributed by atoms with van der Waals surface area (Å²) in [6, 6.07) is 7.24. The molecule has 1 heterocycles. The van der Waals surface area contributed by atoms with Gasteiger partial charge in [-0.05, 0) is 37.8 Å². The van der Waals surface area contributed by atoms with Crippen molar-refractivity contribution in [2.24, 2.45) is 5.92 Å². The minimum Gasteiger partial charge on any atom is -0.495 e. The van der Waals surface area contributed by atoms with Gasteiger partial charge >= 0.3 is 6.03 Å². The van der Waals surface area contributed by atoms with Crippen LogP contribution in [0.2, 0.25) is 0 Å². The van der Waals surface area contributed by atoms with E-state index in [1.807, 2.05) is 31.2 Å². The lowest BCUT2D eigenvalue weighted by Crippen LogP contribution is -2.42. The number of aliphatic hydroxyl groups excluding tert-OH is 1. The number of hydrogen-bond donors (Lipinski definition) is 2. The van der Waals surface area contributed by atoms with E-state index in [-0.39, 0.29) is 12.1 Å². The molecule has 0 aliphatic carbocycles. The van der Waals surface area contributed by atoms with Crippen LogP contribution in [-0.4, -0.2) is 42.3 Å². The lowest BCUT2D eigenvalue weighted by atomic mass is 9.92. The van der Waals surface area contributed by atoms with Crippen LogP contribution in [0.5, 0.6) is 5.75 Å². The monoisotopic (exact) mass is 278 g/mol. The van der Waals surface area contributed by atoms with Crippen LogP contribution in [0, 0.1) is 5.92 Å². The number of para-hydroxylation sites is 2. The van der Waals surface area contributed by atoms with Crippen LogP contribution in [0.15, 0.2) is 24.3 Å². The molecule has 0 aromatic heterocycles. The first kappa shape index (κ1) is 14.7. The summed E-state index contributed by atoms with van der Waals surface area (Å²) < 4.78 is 5.22. The van der Waals surface area contributed by atoms with Crippen molar-refractivity contribution in [3.8, 4) is 5.75 Å². The summed E-state index contributed by atoms with van der Waals surface area (Å²) in [5.74, 6) is 0.949. The number of nitrogens with zero attached hydrogens (tertiary/aromatic N) is 1. The third-order valence-electron chi connectivity index (χ3n) is 3.86. The van der Waals surface area contributed by atoms with E-state index in [1.54, 1.807) is 12.0 Å². The van der Waals surface area contributed by atoms with Crippen LogP contribution in [0.4, 0.5) is 10.5 Å². The molecule has 0 saturated carbocycles. The predicted molar refractivity (Wildman–Crippen MR) is 78.0 cm³/mol. The van der Waals surface area contributed by atoms with E-state index in [0.717, 1.165) is 12.8 Å². The molecule has 5 heteroatoms. The van der Waals surface area contributed by atoms with Crippen LogP contribution < -0.4 is 10.1 Å². The third-order valence-corrected chi connectivity index (χ3v) is 3.86. The van der Waals surface area contributed by atoms with Gasteiger partial charge in [0.05, 0.1) is 18.9 Å². The topological polar surface area (TPSA) is 61.8 Å². The molecule has 1 saturated heterocycles. The standard InChI is InChI=1S/C15H22N2O3/c1-11(18)12-7-9-17(10-8-12)15(19)16-13-5-3-4-6-14(13)20-2/h3-6,11-12,18H,7-10H2,1-2H3,(H,16,19). The van der Waals surface area contributed by atoms with Crippen LogP contribution in [0.1, 0.15) is 19.8 Å². The van der Waals surface area contributed by atoms with Crippen molar-refractivity contribution < 1.29 is 14.6 Å². The Kier molecular flexibility index (Phi) is 4.84. The Hall–Kier alpha value is -1.75. The highest BCUT2D eigenvalue weighted by atomic mass is 16.5. The van der Waals surface area contributed by atoms with Gasteiger partial charge in [0.2, 0.25) is 0 Å². The number of likely N-dealkylation sites (tertiary alicyclic amines) is 1. The average Bonchev–Trinajstić information content (AvgIpc) is 2.48. The highest BCUT2D eigenvalue weighted by molar-refractivity contribution is 5.91. The van der Waals surface area contributed by atoms with E-state index in [0.29, 0.717) is 30.4 Å². The third kappa shape index (κ3) is 3.42. The molecule has 110 valence electrons. The Morgan fingerprint density at radius 3 is 2.65 bits per heavy atom. The van der Waals surface area contributed by atoms with Gasteiger partial charge in [0.1, 0.15) is 5.75 Å². The molecule has 0 bridgehead atoms. The average molecular weight is 278 g/mol. The molecular weight excluding hydrogens is 256 g/mol. The first-order chi connectivity index (χ1) is 9.61. The Labute approximate surface area is 119 Å². The zero-order valence-electron chi connectivity index (χ0n) is 12.0. The number of methoxy groups -OCH3 is 1. The van der Waals surface area contributed by atoms with Gasteiger partial charge in [-0.3, -0.25) is 0 Å². The van der Waals surface area contributed by atoms with Crippen molar-refractivity contribution in [1.29, 1.82) is 0 Å². The summed E-state index contributed by atoms with van der Waals surface area (Å²) in [6.45, 7) is 3.17. The number of rotatable bonds is 3. The summed E-state index contributed by atoms with van der Waals surface area (Å²) >= 11 is 0. The Bertz CT molecular complexity index is 454. The van der Waals surface area contributed by atoms with Crippen molar-refractivity contribution >= 4 is 11.7 Å². The van der Waals surface area contributed by atoms with Crippen LogP contribution in [-0.2, 0) is 0 Å². The van der Waals surface area contributed by atoms with E-state index in [1.165, 1.54) is 0 Å². The van der Waals surface area contributed by atoms with Gasteiger partial charge in [0, 0.05) is 13.1 Å². The molecule has 0 radical (unpaired) electrons. The van der Waals surface area contributed by atoms with Crippen molar-refractivity contribution in [3.63, 3.8) is 0 Å². The van der Waals surface area contributed by atoms with Crippen molar-refractivity contribution in [1.82, 2.24) is 4.90 Å². The highest BCUT2D eigenvalue weighted by Gasteiger charge is 2.25. The molecule has 1 aliphatic heterocycles. The maximum Gasteiger partial charge on any atom is 0.321 e. The number of nitrogens with one attached hydrogen (secondary N) is 1. The molecule has 1 aliphatic rings. The number of benzene rings is 1. The maximum absolute atomic E-state index is 12.2. The summed E-state index contributed by atoms with van der Waals surface area (Å²) in [5, 5.41) is 12.4. The van der Waals surface area contributed by atoms with Crippen LogP contribution in [0.3, 0.4) is 0 Å². The fraction of sp³-hybridized carbons (Fsp3) is 0.533. The van der Waals surface area contributed by atoms with Gasteiger partial charge in [-0.2, -0.15) is 0 Å². The second kappa shape index (κ2) is 6.61. The SMILES string of the molecule is COc1ccccc1NC(=O)N1CCC(C(C)O)CC1. The summed E-state index contributed by atoms with van der Waals surface area (Å²) in [4.78, 5) is 14.0. The summed E-state index contributed by atoms with van der Waals surface area (Å²) in [5.41, 5.74) is 0.678. The van der Waals surface area contributed by atoms with E-state index in [4.69, 9.17) is 4.74 Å². The second-order valence-electron chi connectivity index (χ2n) is 5.20. The number of carbonyl (C=O) groups excluding carboxylic acids is 1. The van der Waals surface area contributed by atoms with Gasteiger partial charge in [-0.25, -0.2) is 4.79 Å². The molecule has 1 aromatic carbocycles. The molecule has 2 amide bonds. The number of amides is 2. The first-order valence-corrected chi connectivity index (χ1v) is 6.99. The Balaban J connectivity index is 1.93. The second-order valence-corrected chi connectivity index (χ2v) is 5.20. The molecule has 5 nitrogen and oxygen atoms in total. The smallest absolute Gasteiger partial charge is 0.321 e.